The third-order valence-corrected chi connectivity index (χ3v) is 6.56. The van der Waals surface area contributed by atoms with Crippen LogP contribution in [0.1, 0.15) is 58.3 Å². The summed E-state index contributed by atoms with van der Waals surface area (Å²) in [5, 5.41) is 24.5. The number of amidine groups is 1. The highest BCUT2D eigenvalue weighted by atomic mass is 32.2. The van der Waals surface area contributed by atoms with Crippen LogP contribution in [0, 0.1) is 5.92 Å². The Bertz CT molecular complexity index is 495. The summed E-state index contributed by atoms with van der Waals surface area (Å²) in [6.07, 6.45) is 5.64. The average Bonchev–Trinajstić information content (AvgIpc) is 3.02. The Kier molecular flexibility index (Phi) is 6.77. The van der Waals surface area contributed by atoms with Crippen molar-refractivity contribution in [3.63, 3.8) is 0 Å². The SMILES string of the molecule is CCNC1=N[C@@H]2[C@@H](O)[C@H](O)[C@@H](C(=O)CCCC3CCCCC3)O[C@@H]2S1. The zero-order valence-corrected chi connectivity index (χ0v) is 15.7. The number of ketones is 1. The molecule has 2 aliphatic heterocycles. The number of nitrogens with zero attached hydrogens (tertiary/aromatic N) is 1. The molecule has 0 unspecified atom stereocenters. The second-order valence-electron chi connectivity index (χ2n) is 7.34. The minimum atomic E-state index is -1.20. The zero-order valence-electron chi connectivity index (χ0n) is 14.9. The molecule has 0 radical (unpaired) electrons. The molecule has 0 amide bonds. The van der Waals surface area contributed by atoms with E-state index in [9.17, 15) is 15.0 Å². The van der Waals surface area contributed by atoms with Gasteiger partial charge in [0.15, 0.2) is 11.0 Å². The van der Waals surface area contributed by atoms with E-state index < -0.39 is 29.8 Å². The Morgan fingerprint density at radius 2 is 2.04 bits per heavy atom. The summed E-state index contributed by atoms with van der Waals surface area (Å²) >= 11 is 1.39. The third-order valence-electron chi connectivity index (χ3n) is 5.47. The smallest absolute Gasteiger partial charge is 0.164 e. The highest BCUT2D eigenvalue weighted by molar-refractivity contribution is 8.14. The molecule has 0 bridgehead atoms. The topological polar surface area (TPSA) is 91.2 Å². The van der Waals surface area contributed by atoms with Gasteiger partial charge in [-0.05, 0) is 19.3 Å². The largest absolute Gasteiger partial charge is 0.388 e. The van der Waals surface area contributed by atoms with Crippen LogP contribution in [-0.2, 0) is 9.53 Å². The molecule has 0 aromatic carbocycles. The van der Waals surface area contributed by atoms with Gasteiger partial charge in [0.25, 0.3) is 0 Å². The number of carbonyl (C=O) groups excluding carboxylic acids is 1. The molecule has 3 aliphatic rings. The van der Waals surface area contributed by atoms with Crippen molar-refractivity contribution in [3.05, 3.63) is 0 Å². The number of carbonyl (C=O) groups is 1. The van der Waals surface area contributed by atoms with Crippen molar-refractivity contribution in [2.75, 3.05) is 6.54 Å². The van der Waals surface area contributed by atoms with Crippen molar-refractivity contribution in [2.45, 2.75) is 88.1 Å². The highest BCUT2D eigenvalue weighted by Crippen LogP contribution is 2.36. The fraction of sp³-hybridized carbons (Fsp3) is 0.889. The minimum Gasteiger partial charge on any atom is -0.388 e. The molecule has 5 atom stereocenters. The van der Waals surface area contributed by atoms with Crippen molar-refractivity contribution >= 4 is 22.7 Å². The van der Waals surface area contributed by atoms with Gasteiger partial charge in [-0.3, -0.25) is 9.79 Å². The van der Waals surface area contributed by atoms with Gasteiger partial charge in [-0.1, -0.05) is 50.3 Å². The van der Waals surface area contributed by atoms with Gasteiger partial charge in [-0.2, -0.15) is 0 Å². The number of Topliss-reactive ketones (excluding diaryl/α,β-unsaturated/α-hetero) is 1. The quantitative estimate of drug-likeness (QED) is 0.661. The highest BCUT2D eigenvalue weighted by Gasteiger charge is 2.50. The Labute approximate surface area is 153 Å². The number of aliphatic hydroxyl groups is 2. The van der Waals surface area contributed by atoms with Crippen LogP contribution >= 0.6 is 11.8 Å². The number of ether oxygens (including phenoxy) is 1. The lowest BCUT2D eigenvalue weighted by atomic mass is 9.85. The molecule has 25 heavy (non-hydrogen) atoms. The minimum absolute atomic E-state index is 0.0988. The summed E-state index contributed by atoms with van der Waals surface area (Å²) in [5.41, 5.74) is -0.403. The first kappa shape index (κ1) is 19.1. The van der Waals surface area contributed by atoms with Gasteiger partial charge < -0.3 is 20.3 Å². The first-order valence-corrected chi connectivity index (χ1v) is 10.5. The fourth-order valence-corrected chi connectivity index (χ4v) is 5.21. The summed E-state index contributed by atoms with van der Waals surface area (Å²) < 4.78 is 5.82. The second-order valence-corrected chi connectivity index (χ2v) is 8.43. The van der Waals surface area contributed by atoms with Gasteiger partial charge in [0.1, 0.15) is 29.8 Å². The summed E-state index contributed by atoms with van der Waals surface area (Å²) in [6, 6.07) is -0.514. The molecule has 1 aliphatic carbocycles. The van der Waals surface area contributed by atoms with Gasteiger partial charge in [-0.15, -0.1) is 0 Å². The Hall–Kier alpha value is -0.630. The normalized spacial score (nSPS) is 36.0. The fourth-order valence-electron chi connectivity index (χ4n) is 4.05. The number of hydrogen-bond acceptors (Lipinski definition) is 7. The van der Waals surface area contributed by atoms with Gasteiger partial charge in [0, 0.05) is 13.0 Å². The molecule has 1 saturated heterocycles. The molecule has 2 heterocycles. The van der Waals surface area contributed by atoms with Crippen LogP contribution in [0.15, 0.2) is 4.99 Å². The first-order valence-electron chi connectivity index (χ1n) is 9.62. The summed E-state index contributed by atoms with van der Waals surface area (Å²) in [5.74, 6) is 0.647. The number of rotatable bonds is 6. The third kappa shape index (κ3) is 4.56. The zero-order chi connectivity index (χ0) is 17.8. The van der Waals surface area contributed by atoms with Crippen LogP contribution in [-0.4, -0.2) is 57.5 Å². The van der Waals surface area contributed by atoms with Crippen LogP contribution in [0.3, 0.4) is 0 Å². The monoisotopic (exact) mass is 370 g/mol. The average molecular weight is 371 g/mol. The van der Waals surface area contributed by atoms with Crippen molar-refractivity contribution in [1.29, 1.82) is 0 Å². The lowest BCUT2D eigenvalue weighted by molar-refractivity contribution is -0.169. The van der Waals surface area contributed by atoms with E-state index in [0.29, 0.717) is 11.6 Å². The molecule has 7 heteroatoms. The number of aliphatic hydroxyl groups excluding tert-OH is 2. The van der Waals surface area contributed by atoms with E-state index in [2.05, 4.69) is 10.3 Å². The molecule has 3 N–H and O–H groups in total. The lowest BCUT2D eigenvalue weighted by Gasteiger charge is -2.37. The van der Waals surface area contributed by atoms with Gasteiger partial charge in [-0.25, -0.2) is 0 Å². The Morgan fingerprint density at radius 3 is 2.76 bits per heavy atom. The van der Waals surface area contributed by atoms with E-state index in [-0.39, 0.29) is 5.78 Å². The van der Waals surface area contributed by atoms with Crippen molar-refractivity contribution < 1.29 is 19.7 Å². The first-order chi connectivity index (χ1) is 12.1. The van der Waals surface area contributed by atoms with E-state index in [1.807, 2.05) is 6.92 Å². The standard InChI is InChI=1S/C18H30N2O4S/c1-2-19-18-20-13-14(22)15(23)16(24-17(13)25-18)12(21)10-6-9-11-7-4-3-5-8-11/h11,13-17,22-23H,2-10H2,1H3,(H,19,20)/t13-,14-,15+,16-,17-/m1/s1. The van der Waals surface area contributed by atoms with Crippen molar-refractivity contribution in [1.82, 2.24) is 5.32 Å². The Morgan fingerprint density at radius 1 is 1.28 bits per heavy atom. The molecule has 6 nitrogen and oxygen atoms in total. The molecule has 0 aromatic heterocycles. The predicted octanol–water partition coefficient (Wildman–Crippen LogP) is 1.83. The molecule has 0 spiro atoms. The predicted molar refractivity (Wildman–Crippen MR) is 98.6 cm³/mol. The van der Waals surface area contributed by atoms with Crippen LogP contribution in [0.25, 0.3) is 0 Å². The van der Waals surface area contributed by atoms with E-state index in [1.54, 1.807) is 0 Å². The van der Waals surface area contributed by atoms with Crippen LogP contribution in [0.5, 0.6) is 0 Å². The molecule has 1 saturated carbocycles. The van der Waals surface area contributed by atoms with Crippen LogP contribution in [0.4, 0.5) is 0 Å². The summed E-state index contributed by atoms with van der Waals surface area (Å²) in [4.78, 5) is 16.9. The van der Waals surface area contributed by atoms with E-state index >= 15 is 0 Å². The van der Waals surface area contributed by atoms with Gasteiger partial charge >= 0.3 is 0 Å². The van der Waals surface area contributed by atoms with Crippen LogP contribution < -0.4 is 5.32 Å². The molecule has 2 fully saturated rings. The molecule has 142 valence electrons. The molecular weight excluding hydrogens is 340 g/mol. The number of fused-ring (bicyclic) bond motifs is 1. The second kappa shape index (κ2) is 8.84. The van der Waals surface area contributed by atoms with E-state index in [0.717, 1.165) is 25.3 Å². The maximum Gasteiger partial charge on any atom is 0.164 e. The molecular formula is C18H30N2O4S. The van der Waals surface area contributed by atoms with Gasteiger partial charge in [0.2, 0.25) is 0 Å². The van der Waals surface area contributed by atoms with Crippen molar-refractivity contribution in [2.24, 2.45) is 10.9 Å². The molecule has 3 rings (SSSR count). The lowest BCUT2D eigenvalue weighted by Crippen LogP contribution is -2.57. The van der Waals surface area contributed by atoms with E-state index in [1.165, 1.54) is 43.9 Å². The summed E-state index contributed by atoms with van der Waals surface area (Å²) in [6.45, 7) is 2.70. The maximum atomic E-state index is 12.5. The summed E-state index contributed by atoms with van der Waals surface area (Å²) in [7, 11) is 0. The number of hydrogen-bond donors (Lipinski definition) is 3. The van der Waals surface area contributed by atoms with Gasteiger partial charge in [0.05, 0.1) is 0 Å². The maximum absolute atomic E-state index is 12.5. The van der Waals surface area contributed by atoms with Crippen LogP contribution in [0.2, 0.25) is 0 Å². The van der Waals surface area contributed by atoms with E-state index in [4.69, 9.17) is 4.74 Å². The number of thioether (sulfide) groups is 1. The van der Waals surface area contributed by atoms with Crippen molar-refractivity contribution in [3.8, 4) is 0 Å². The number of nitrogens with one attached hydrogen (secondary N) is 1. The number of aliphatic imine (C=N–C) groups is 1. The molecule has 0 aromatic rings. The Balaban J connectivity index is 1.49.